The fourth-order valence-corrected chi connectivity index (χ4v) is 3.35. The number of fused-ring (bicyclic) bond motifs is 2. The Balaban J connectivity index is 2.10. The van der Waals surface area contributed by atoms with Crippen LogP contribution in [0.2, 0.25) is 0 Å². The average molecular weight is 206 g/mol. The van der Waals surface area contributed by atoms with Crippen LogP contribution < -0.4 is 0 Å². The number of hydrogen-bond donors (Lipinski definition) is 1. The molecule has 2 saturated carbocycles. The van der Waals surface area contributed by atoms with E-state index in [1.54, 1.807) is 0 Å². The number of hydrogen-bond acceptors (Lipinski definition) is 1. The van der Waals surface area contributed by atoms with E-state index in [0.29, 0.717) is 5.41 Å². The summed E-state index contributed by atoms with van der Waals surface area (Å²) in [6.07, 6.45) is 7.38. The fraction of sp³-hybridized carbons (Fsp3) is 0.714. The van der Waals surface area contributed by atoms with Gasteiger partial charge in [0.1, 0.15) is 0 Å². The van der Waals surface area contributed by atoms with Crippen molar-refractivity contribution in [2.45, 2.75) is 39.5 Å². The number of aliphatic hydroxyl groups excluding tert-OH is 1. The highest BCUT2D eigenvalue weighted by Crippen LogP contribution is 2.60. The molecule has 1 heteroatoms. The normalized spacial score (nSPS) is 40.2. The van der Waals surface area contributed by atoms with Crippen LogP contribution in [-0.4, -0.2) is 11.7 Å². The first-order chi connectivity index (χ1) is 7.08. The fourth-order valence-electron chi connectivity index (χ4n) is 3.35. The molecular weight excluding hydrogens is 184 g/mol. The SMILES string of the molecule is C=C1[C@@H]2CC[C@@H](C2)[C@@]1(C)C/C=C(\C)CO. The van der Waals surface area contributed by atoms with E-state index < -0.39 is 0 Å². The maximum absolute atomic E-state index is 9.00. The van der Waals surface area contributed by atoms with E-state index in [9.17, 15) is 0 Å². The molecule has 84 valence electrons. The van der Waals surface area contributed by atoms with Gasteiger partial charge in [0.05, 0.1) is 6.61 Å². The number of aliphatic hydroxyl groups is 1. The van der Waals surface area contributed by atoms with E-state index in [1.807, 2.05) is 6.92 Å². The molecule has 2 aliphatic rings. The van der Waals surface area contributed by atoms with Crippen molar-refractivity contribution in [2.24, 2.45) is 17.3 Å². The summed E-state index contributed by atoms with van der Waals surface area (Å²) in [5.41, 5.74) is 2.88. The van der Waals surface area contributed by atoms with E-state index in [4.69, 9.17) is 5.11 Å². The molecule has 0 unspecified atom stereocenters. The van der Waals surface area contributed by atoms with Gasteiger partial charge in [-0.05, 0) is 49.9 Å². The van der Waals surface area contributed by atoms with Gasteiger partial charge in [0, 0.05) is 0 Å². The third kappa shape index (κ3) is 1.67. The molecular formula is C14H22O. The molecule has 3 atom stereocenters. The second-order valence-electron chi connectivity index (χ2n) is 5.56. The molecule has 0 aromatic rings. The smallest absolute Gasteiger partial charge is 0.0639 e. The highest BCUT2D eigenvalue weighted by molar-refractivity contribution is 5.25. The highest BCUT2D eigenvalue weighted by atomic mass is 16.3. The van der Waals surface area contributed by atoms with Gasteiger partial charge in [0.2, 0.25) is 0 Å². The van der Waals surface area contributed by atoms with Crippen molar-refractivity contribution < 1.29 is 5.11 Å². The monoisotopic (exact) mass is 206 g/mol. The van der Waals surface area contributed by atoms with Crippen LogP contribution >= 0.6 is 0 Å². The highest BCUT2D eigenvalue weighted by Gasteiger charge is 2.49. The molecule has 0 saturated heterocycles. The topological polar surface area (TPSA) is 20.2 Å². The van der Waals surface area contributed by atoms with Crippen LogP contribution in [0.5, 0.6) is 0 Å². The van der Waals surface area contributed by atoms with Crippen molar-refractivity contribution in [3.8, 4) is 0 Å². The lowest BCUT2D eigenvalue weighted by atomic mass is 9.69. The molecule has 2 rings (SSSR count). The first kappa shape index (κ1) is 10.9. The third-order valence-corrected chi connectivity index (χ3v) is 4.68. The van der Waals surface area contributed by atoms with Crippen LogP contribution in [0.1, 0.15) is 39.5 Å². The van der Waals surface area contributed by atoms with Gasteiger partial charge in [-0.3, -0.25) is 0 Å². The molecule has 2 aliphatic carbocycles. The lowest BCUT2D eigenvalue weighted by Gasteiger charge is -2.35. The number of rotatable bonds is 3. The van der Waals surface area contributed by atoms with Gasteiger partial charge in [0.25, 0.3) is 0 Å². The van der Waals surface area contributed by atoms with Crippen LogP contribution in [0.15, 0.2) is 23.8 Å². The van der Waals surface area contributed by atoms with Crippen molar-refractivity contribution in [2.75, 3.05) is 6.61 Å². The quantitative estimate of drug-likeness (QED) is 0.702. The van der Waals surface area contributed by atoms with Crippen molar-refractivity contribution in [3.05, 3.63) is 23.8 Å². The van der Waals surface area contributed by atoms with E-state index in [0.717, 1.165) is 23.8 Å². The molecule has 2 bridgehead atoms. The zero-order valence-electron chi connectivity index (χ0n) is 9.92. The molecule has 1 nitrogen and oxygen atoms in total. The van der Waals surface area contributed by atoms with E-state index in [-0.39, 0.29) is 6.61 Å². The van der Waals surface area contributed by atoms with Gasteiger partial charge in [-0.2, -0.15) is 0 Å². The first-order valence-electron chi connectivity index (χ1n) is 6.03. The van der Waals surface area contributed by atoms with Crippen LogP contribution in [0.4, 0.5) is 0 Å². The van der Waals surface area contributed by atoms with Crippen LogP contribution in [0.25, 0.3) is 0 Å². The Morgan fingerprint density at radius 1 is 1.60 bits per heavy atom. The second kappa shape index (κ2) is 3.79. The van der Waals surface area contributed by atoms with Gasteiger partial charge in [-0.1, -0.05) is 30.7 Å². The Morgan fingerprint density at radius 2 is 2.33 bits per heavy atom. The van der Waals surface area contributed by atoms with Crippen molar-refractivity contribution in [1.82, 2.24) is 0 Å². The largest absolute Gasteiger partial charge is 0.392 e. The summed E-state index contributed by atoms with van der Waals surface area (Å²) in [7, 11) is 0. The molecule has 0 aliphatic heterocycles. The molecule has 0 heterocycles. The zero-order valence-corrected chi connectivity index (χ0v) is 9.92. The molecule has 1 N–H and O–H groups in total. The average Bonchev–Trinajstić information content (AvgIpc) is 2.80. The van der Waals surface area contributed by atoms with Crippen molar-refractivity contribution in [3.63, 3.8) is 0 Å². The van der Waals surface area contributed by atoms with Gasteiger partial charge in [-0.25, -0.2) is 0 Å². The molecule has 0 radical (unpaired) electrons. The molecule has 0 spiro atoms. The summed E-state index contributed by atoms with van der Waals surface area (Å²) >= 11 is 0. The third-order valence-electron chi connectivity index (χ3n) is 4.68. The molecule has 0 amide bonds. The van der Waals surface area contributed by atoms with Crippen LogP contribution in [-0.2, 0) is 0 Å². The maximum Gasteiger partial charge on any atom is 0.0639 e. The summed E-state index contributed by atoms with van der Waals surface area (Å²) in [6.45, 7) is 8.85. The summed E-state index contributed by atoms with van der Waals surface area (Å²) in [5, 5.41) is 9.00. The minimum absolute atomic E-state index is 0.191. The van der Waals surface area contributed by atoms with Gasteiger partial charge in [0.15, 0.2) is 0 Å². The van der Waals surface area contributed by atoms with Gasteiger partial charge < -0.3 is 5.11 Å². The summed E-state index contributed by atoms with van der Waals surface area (Å²) < 4.78 is 0. The predicted molar refractivity (Wildman–Crippen MR) is 63.5 cm³/mol. The molecule has 2 fully saturated rings. The predicted octanol–water partition coefficient (Wildman–Crippen LogP) is 3.31. The maximum atomic E-state index is 9.00. The van der Waals surface area contributed by atoms with Crippen molar-refractivity contribution in [1.29, 1.82) is 0 Å². The van der Waals surface area contributed by atoms with E-state index >= 15 is 0 Å². The Hall–Kier alpha value is -0.560. The first-order valence-corrected chi connectivity index (χ1v) is 6.03. The van der Waals surface area contributed by atoms with Gasteiger partial charge >= 0.3 is 0 Å². The Morgan fingerprint density at radius 3 is 2.87 bits per heavy atom. The standard InChI is InChI=1S/C14H22O/c1-10(9-15)6-7-14(3)11(2)12-4-5-13(14)8-12/h6,12-13,15H,2,4-5,7-9H2,1,3H3/b10-6+/t12-,13+,14+/m1/s1. The Labute approximate surface area is 92.9 Å². The second-order valence-corrected chi connectivity index (χ2v) is 5.56. The lowest BCUT2D eigenvalue weighted by Crippen LogP contribution is -2.25. The van der Waals surface area contributed by atoms with Crippen molar-refractivity contribution >= 4 is 0 Å². The molecule has 0 aromatic carbocycles. The molecule has 0 aromatic heterocycles. The van der Waals surface area contributed by atoms with Crippen LogP contribution in [0, 0.1) is 17.3 Å². The lowest BCUT2D eigenvalue weighted by molar-refractivity contribution is 0.259. The van der Waals surface area contributed by atoms with E-state index in [2.05, 4.69) is 19.6 Å². The summed E-state index contributed by atoms with van der Waals surface area (Å²) in [4.78, 5) is 0. The summed E-state index contributed by atoms with van der Waals surface area (Å²) in [5.74, 6) is 1.64. The van der Waals surface area contributed by atoms with Crippen LogP contribution in [0.3, 0.4) is 0 Å². The Kier molecular flexibility index (Phi) is 2.76. The molecule has 15 heavy (non-hydrogen) atoms. The minimum Gasteiger partial charge on any atom is -0.392 e. The minimum atomic E-state index is 0.191. The van der Waals surface area contributed by atoms with Gasteiger partial charge in [-0.15, -0.1) is 0 Å². The Bertz CT molecular complexity index is 302. The number of allylic oxidation sites excluding steroid dienone is 2. The zero-order chi connectivity index (χ0) is 11.1. The summed E-state index contributed by atoms with van der Waals surface area (Å²) in [6, 6.07) is 0. The van der Waals surface area contributed by atoms with E-state index in [1.165, 1.54) is 24.8 Å².